The van der Waals surface area contributed by atoms with E-state index in [9.17, 15) is 0 Å². The van der Waals surface area contributed by atoms with Crippen molar-refractivity contribution in [3.63, 3.8) is 0 Å². The molecule has 0 aliphatic carbocycles. The lowest BCUT2D eigenvalue weighted by Gasteiger charge is -2.28. The second-order valence-electron chi connectivity index (χ2n) is 4.48. The monoisotopic (exact) mass is 267 g/mol. The molecule has 1 rings (SSSR count). The van der Waals surface area contributed by atoms with Gasteiger partial charge in [-0.1, -0.05) is 50.0 Å². The first-order valence-corrected chi connectivity index (χ1v) is 5.29. The van der Waals surface area contributed by atoms with Crippen LogP contribution in [0.5, 0.6) is 0 Å². The minimum atomic E-state index is -0.149. The molecule has 0 aliphatic heterocycles. The molecule has 4 heteroatoms. The molecule has 0 amide bonds. The van der Waals surface area contributed by atoms with Crippen LogP contribution in [-0.2, 0) is 0 Å². The molecule has 1 aromatic rings. The van der Waals surface area contributed by atoms with Crippen LogP contribution in [0.15, 0.2) is 18.2 Å². The molecule has 0 heterocycles. The van der Waals surface area contributed by atoms with Gasteiger partial charge in [-0.25, -0.2) is 0 Å². The van der Waals surface area contributed by atoms with E-state index in [1.807, 2.05) is 18.2 Å². The molecule has 0 aromatic heterocycles. The fourth-order valence-electron chi connectivity index (χ4n) is 1.24. The summed E-state index contributed by atoms with van der Waals surface area (Å²) in [5.41, 5.74) is 6.89. The van der Waals surface area contributed by atoms with Gasteiger partial charge in [0.2, 0.25) is 0 Å². The van der Waals surface area contributed by atoms with E-state index in [0.717, 1.165) is 5.56 Å². The number of rotatable bonds is 1. The summed E-state index contributed by atoms with van der Waals surface area (Å²) in [5.74, 6) is 0. The minimum absolute atomic E-state index is 0. The van der Waals surface area contributed by atoms with E-state index in [2.05, 4.69) is 20.8 Å². The predicted molar refractivity (Wildman–Crippen MR) is 70.1 cm³/mol. The highest BCUT2D eigenvalue weighted by Gasteiger charge is 2.25. The van der Waals surface area contributed by atoms with Crippen LogP contribution in [0.25, 0.3) is 0 Å². The zero-order valence-corrected chi connectivity index (χ0v) is 11.4. The van der Waals surface area contributed by atoms with Crippen molar-refractivity contribution in [1.82, 2.24) is 0 Å². The van der Waals surface area contributed by atoms with Crippen molar-refractivity contribution in [2.45, 2.75) is 26.8 Å². The van der Waals surface area contributed by atoms with Gasteiger partial charge in [-0.3, -0.25) is 0 Å². The lowest BCUT2D eigenvalue weighted by Crippen LogP contribution is -2.26. The summed E-state index contributed by atoms with van der Waals surface area (Å²) in [5, 5.41) is 1.28. The summed E-state index contributed by atoms with van der Waals surface area (Å²) in [7, 11) is 0. The largest absolute Gasteiger partial charge is 0.323 e. The fraction of sp³-hybridized carbons (Fsp3) is 0.455. The number of hydrogen-bond acceptors (Lipinski definition) is 1. The summed E-state index contributed by atoms with van der Waals surface area (Å²) in [6, 6.07) is 5.30. The van der Waals surface area contributed by atoms with Crippen LogP contribution < -0.4 is 5.73 Å². The van der Waals surface area contributed by atoms with Crippen molar-refractivity contribution in [2.75, 3.05) is 0 Å². The van der Waals surface area contributed by atoms with Gasteiger partial charge in [0.15, 0.2) is 0 Å². The van der Waals surface area contributed by atoms with E-state index in [4.69, 9.17) is 28.9 Å². The molecular formula is C11H16Cl3N. The highest BCUT2D eigenvalue weighted by Crippen LogP contribution is 2.38. The van der Waals surface area contributed by atoms with Gasteiger partial charge in [-0.05, 0) is 17.5 Å². The van der Waals surface area contributed by atoms with Gasteiger partial charge in [-0.2, -0.15) is 0 Å². The van der Waals surface area contributed by atoms with Crippen molar-refractivity contribution in [2.24, 2.45) is 11.1 Å². The summed E-state index contributed by atoms with van der Waals surface area (Å²) < 4.78 is 0. The molecule has 0 unspecified atom stereocenters. The third-order valence-electron chi connectivity index (χ3n) is 2.24. The molecule has 1 atom stereocenters. The lowest BCUT2D eigenvalue weighted by molar-refractivity contribution is 0.327. The smallest absolute Gasteiger partial charge is 0.0468 e. The fourth-order valence-corrected chi connectivity index (χ4v) is 1.87. The van der Waals surface area contributed by atoms with Gasteiger partial charge in [0.25, 0.3) is 0 Å². The van der Waals surface area contributed by atoms with Crippen LogP contribution in [0.2, 0.25) is 10.0 Å². The molecule has 1 nitrogen and oxygen atoms in total. The quantitative estimate of drug-likeness (QED) is 0.799. The average Bonchev–Trinajstić information content (AvgIpc) is 2.01. The Labute approximate surface area is 107 Å². The maximum atomic E-state index is 6.10. The maximum Gasteiger partial charge on any atom is 0.0468 e. The minimum Gasteiger partial charge on any atom is -0.323 e. The molecule has 0 saturated carbocycles. The molecule has 2 N–H and O–H groups in total. The van der Waals surface area contributed by atoms with Crippen LogP contribution >= 0.6 is 35.6 Å². The maximum absolute atomic E-state index is 6.10. The van der Waals surface area contributed by atoms with Crippen LogP contribution in [0.1, 0.15) is 32.4 Å². The Morgan fingerprint density at radius 1 is 1.13 bits per heavy atom. The lowest BCUT2D eigenvalue weighted by atomic mass is 9.83. The third kappa shape index (κ3) is 3.53. The molecular weight excluding hydrogens is 252 g/mol. The summed E-state index contributed by atoms with van der Waals surface area (Å²) in [6.07, 6.45) is 0. The van der Waals surface area contributed by atoms with E-state index >= 15 is 0 Å². The second kappa shape index (κ2) is 5.40. The van der Waals surface area contributed by atoms with Gasteiger partial charge in [0.05, 0.1) is 0 Å². The van der Waals surface area contributed by atoms with Crippen molar-refractivity contribution in [3.05, 3.63) is 33.8 Å². The first-order valence-electron chi connectivity index (χ1n) is 4.53. The van der Waals surface area contributed by atoms with Crippen molar-refractivity contribution < 1.29 is 0 Å². The summed E-state index contributed by atoms with van der Waals surface area (Å²) >= 11 is 12.1. The average molecular weight is 269 g/mol. The Hall–Kier alpha value is 0.0500. The van der Waals surface area contributed by atoms with Gasteiger partial charge in [0, 0.05) is 21.7 Å². The molecule has 1 aromatic carbocycles. The zero-order valence-electron chi connectivity index (χ0n) is 9.05. The van der Waals surface area contributed by atoms with Gasteiger partial charge >= 0.3 is 0 Å². The molecule has 0 aliphatic rings. The molecule has 0 saturated heterocycles. The predicted octanol–water partition coefficient (Wildman–Crippen LogP) is 4.46. The number of halogens is 3. The number of hydrogen-bond donors (Lipinski definition) is 1. The summed E-state index contributed by atoms with van der Waals surface area (Å²) in [4.78, 5) is 0. The van der Waals surface area contributed by atoms with E-state index in [1.165, 1.54) is 0 Å². The third-order valence-corrected chi connectivity index (χ3v) is 2.90. The Kier molecular flexibility index (Phi) is 5.42. The van der Waals surface area contributed by atoms with Crippen LogP contribution in [0, 0.1) is 5.41 Å². The van der Waals surface area contributed by atoms with Gasteiger partial charge in [-0.15, -0.1) is 12.4 Å². The van der Waals surface area contributed by atoms with Crippen molar-refractivity contribution in [3.8, 4) is 0 Å². The molecule has 0 fully saturated rings. The van der Waals surface area contributed by atoms with E-state index in [0.29, 0.717) is 10.0 Å². The molecule has 0 spiro atoms. The van der Waals surface area contributed by atoms with Crippen molar-refractivity contribution >= 4 is 35.6 Å². The Bertz CT molecular complexity index is 311. The Morgan fingerprint density at radius 3 is 1.87 bits per heavy atom. The first kappa shape index (κ1) is 15.0. The summed E-state index contributed by atoms with van der Waals surface area (Å²) in [6.45, 7) is 6.20. The van der Waals surface area contributed by atoms with Gasteiger partial charge in [0.1, 0.15) is 0 Å². The topological polar surface area (TPSA) is 26.0 Å². The standard InChI is InChI=1S/C11H15Cl2N.ClH/c1-11(2,3)10(14)9-7(12)5-4-6-8(9)13;/h4-6,10H,14H2,1-3H3;1H/t10-;/m0./s1. The Morgan fingerprint density at radius 2 is 1.53 bits per heavy atom. The number of nitrogens with two attached hydrogens (primary N) is 1. The van der Waals surface area contributed by atoms with Crippen molar-refractivity contribution in [1.29, 1.82) is 0 Å². The normalized spacial score (nSPS) is 13.2. The SMILES string of the molecule is CC(C)(C)[C@@H](N)c1c(Cl)cccc1Cl.Cl. The Balaban J connectivity index is 0.00000196. The van der Waals surface area contributed by atoms with E-state index < -0.39 is 0 Å². The highest BCUT2D eigenvalue weighted by molar-refractivity contribution is 6.36. The van der Waals surface area contributed by atoms with E-state index in [-0.39, 0.29) is 23.9 Å². The van der Waals surface area contributed by atoms with Crippen LogP contribution in [0.3, 0.4) is 0 Å². The second-order valence-corrected chi connectivity index (χ2v) is 5.29. The zero-order chi connectivity index (χ0) is 10.9. The molecule has 0 bridgehead atoms. The molecule has 15 heavy (non-hydrogen) atoms. The highest BCUT2D eigenvalue weighted by atomic mass is 35.5. The van der Waals surface area contributed by atoms with Crippen LogP contribution in [0.4, 0.5) is 0 Å². The molecule has 0 radical (unpaired) electrons. The number of benzene rings is 1. The van der Waals surface area contributed by atoms with Crippen LogP contribution in [-0.4, -0.2) is 0 Å². The van der Waals surface area contributed by atoms with Gasteiger partial charge < -0.3 is 5.73 Å². The van der Waals surface area contributed by atoms with E-state index in [1.54, 1.807) is 0 Å². The first-order chi connectivity index (χ1) is 6.34. The molecule has 86 valence electrons.